The molecule has 1 aliphatic carbocycles. The predicted octanol–water partition coefficient (Wildman–Crippen LogP) is 7.70. The first-order chi connectivity index (χ1) is 35.3. The molecule has 4 heterocycles. The number of ether oxygens (including phenoxy) is 1. The van der Waals surface area contributed by atoms with Crippen LogP contribution in [0, 0.1) is 64.1 Å². The molecule has 3 saturated heterocycles. The van der Waals surface area contributed by atoms with Gasteiger partial charge in [0.2, 0.25) is 17.7 Å². The van der Waals surface area contributed by atoms with Crippen molar-refractivity contribution >= 4 is 35.2 Å². The fourth-order valence-corrected chi connectivity index (χ4v) is 12.2. The Morgan fingerprint density at radius 3 is 2.15 bits per heavy atom. The number of nitrogens with one attached hydrogen (secondary N) is 2. The Labute approximate surface area is 439 Å². The van der Waals surface area contributed by atoms with Crippen molar-refractivity contribution in [3.05, 3.63) is 117 Å². The molecule has 0 unspecified atom stereocenters. The SMILES string of the molecule is Cc1cc([C@H](C(=O)N2C[C@H](O)C[C@H]2C(=O)N[C@@H](CC(=O)N2CCC(N3CCC(C#Cc4ccc(C(=O)NC5C(C)(C)C(Oc6ccc(C#N)c(Cl)c6)C5(C)C)cc4)CC3)CC2)c2ccc(C#N)cc2)C(C)C)on1. The quantitative estimate of drug-likeness (QED) is 0.111. The number of carbonyl (C=O) groups excluding carboxylic acids is 4. The molecule has 74 heavy (non-hydrogen) atoms. The molecule has 0 spiro atoms. The summed E-state index contributed by atoms with van der Waals surface area (Å²) in [5, 5.41) is 40.1. The van der Waals surface area contributed by atoms with Crippen molar-refractivity contribution in [1.82, 2.24) is 30.5 Å². The first-order valence-corrected chi connectivity index (χ1v) is 26.2. The second kappa shape index (κ2) is 22.4. The summed E-state index contributed by atoms with van der Waals surface area (Å²) in [6.45, 7) is 16.9. The number of piperidine rings is 2. The summed E-state index contributed by atoms with van der Waals surface area (Å²) in [6, 6.07) is 23.7. The second-order valence-corrected chi connectivity index (χ2v) is 22.5. The Hall–Kier alpha value is -6.70. The molecule has 15 nitrogen and oxygen atoms in total. The molecule has 4 fully saturated rings. The van der Waals surface area contributed by atoms with Gasteiger partial charge in [-0.3, -0.25) is 19.2 Å². The molecule has 0 bridgehead atoms. The first-order valence-electron chi connectivity index (χ1n) is 25.8. The molecular formula is C58H67ClN8O7. The molecule has 3 aromatic carbocycles. The molecule has 4 aromatic rings. The highest BCUT2D eigenvalue weighted by molar-refractivity contribution is 6.31. The highest BCUT2D eigenvalue weighted by Gasteiger charge is 2.64. The molecule has 1 saturated carbocycles. The summed E-state index contributed by atoms with van der Waals surface area (Å²) in [5.74, 6) is 6.14. The van der Waals surface area contributed by atoms with Gasteiger partial charge in [-0.1, -0.05) is 82.3 Å². The Morgan fingerprint density at radius 1 is 0.892 bits per heavy atom. The van der Waals surface area contributed by atoms with Crippen LogP contribution in [0.25, 0.3) is 0 Å². The maximum Gasteiger partial charge on any atom is 0.251 e. The summed E-state index contributed by atoms with van der Waals surface area (Å²) < 4.78 is 11.9. The van der Waals surface area contributed by atoms with Crippen LogP contribution < -0.4 is 15.4 Å². The molecule has 8 rings (SSSR count). The summed E-state index contributed by atoms with van der Waals surface area (Å²) in [6.07, 6.45) is 2.47. The number of hydrogen-bond acceptors (Lipinski definition) is 11. The number of aromatic nitrogens is 1. The molecular weight excluding hydrogens is 956 g/mol. The van der Waals surface area contributed by atoms with Crippen molar-refractivity contribution in [3.8, 4) is 29.7 Å². The van der Waals surface area contributed by atoms with E-state index in [1.165, 1.54) is 4.90 Å². The van der Waals surface area contributed by atoms with Gasteiger partial charge in [0.05, 0.1) is 46.5 Å². The molecule has 4 aliphatic rings. The van der Waals surface area contributed by atoms with Gasteiger partial charge in [-0.15, -0.1) is 0 Å². The van der Waals surface area contributed by atoms with Crippen LogP contribution in [0.5, 0.6) is 5.75 Å². The van der Waals surface area contributed by atoms with Crippen molar-refractivity contribution in [3.63, 3.8) is 0 Å². The zero-order chi connectivity index (χ0) is 53.1. The molecule has 4 amide bonds. The lowest BCUT2D eigenvalue weighted by Crippen LogP contribution is -2.74. The number of aryl methyl sites for hydroxylation is 1. The maximum absolute atomic E-state index is 14.2. The van der Waals surface area contributed by atoms with E-state index in [-0.39, 0.29) is 71.9 Å². The van der Waals surface area contributed by atoms with Gasteiger partial charge >= 0.3 is 0 Å². The summed E-state index contributed by atoms with van der Waals surface area (Å²) in [7, 11) is 0. The average Bonchev–Trinajstić information content (AvgIpc) is 4.01. The summed E-state index contributed by atoms with van der Waals surface area (Å²) in [4.78, 5) is 61.6. The van der Waals surface area contributed by atoms with Gasteiger partial charge in [-0.05, 0) is 106 Å². The Kier molecular flexibility index (Phi) is 16.2. The summed E-state index contributed by atoms with van der Waals surface area (Å²) >= 11 is 6.27. The Morgan fingerprint density at radius 2 is 1.55 bits per heavy atom. The minimum Gasteiger partial charge on any atom is -0.489 e. The predicted molar refractivity (Wildman–Crippen MR) is 278 cm³/mol. The number of aliphatic hydroxyl groups is 1. The molecule has 388 valence electrons. The van der Waals surface area contributed by atoms with Gasteiger partial charge in [-0.25, -0.2) is 0 Å². The average molecular weight is 1020 g/mol. The van der Waals surface area contributed by atoms with Crippen LogP contribution in [-0.2, 0) is 14.4 Å². The minimum absolute atomic E-state index is 0.00919. The number of aliphatic hydroxyl groups excluding tert-OH is 1. The number of hydrogen-bond donors (Lipinski definition) is 3. The highest BCUT2D eigenvalue weighted by Crippen LogP contribution is 2.55. The van der Waals surface area contributed by atoms with Crippen molar-refractivity contribution in [2.45, 2.75) is 129 Å². The lowest BCUT2D eigenvalue weighted by Gasteiger charge is -2.63. The lowest BCUT2D eigenvalue weighted by molar-refractivity contribution is -0.164. The van der Waals surface area contributed by atoms with Crippen molar-refractivity contribution in [1.29, 1.82) is 10.5 Å². The highest BCUT2D eigenvalue weighted by atomic mass is 35.5. The van der Waals surface area contributed by atoms with Gasteiger partial charge in [0.25, 0.3) is 5.91 Å². The fourth-order valence-electron chi connectivity index (χ4n) is 12.0. The van der Waals surface area contributed by atoms with Crippen LogP contribution in [0.2, 0.25) is 5.02 Å². The van der Waals surface area contributed by atoms with E-state index < -0.39 is 30.0 Å². The van der Waals surface area contributed by atoms with Crippen molar-refractivity contribution < 1.29 is 33.5 Å². The van der Waals surface area contributed by atoms with Gasteiger partial charge in [0, 0.05) is 78.1 Å². The first kappa shape index (κ1) is 53.6. The Balaban J connectivity index is 0.810. The third kappa shape index (κ3) is 11.6. The molecule has 3 aliphatic heterocycles. The van der Waals surface area contributed by atoms with E-state index in [1.807, 2.05) is 43.0 Å². The summed E-state index contributed by atoms with van der Waals surface area (Å²) in [5.41, 5.74) is 2.78. The number of carbonyl (C=O) groups is 4. The number of amides is 4. The third-order valence-corrected chi connectivity index (χ3v) is 16.1. The third-order valence-electron chi connectivity index (χ3n) is 15.7. The zero-order valence-corrected chi connectivity index (χ0v) is 44.1. The zero-order valence-electron chi connectivity index (χ0n) is 43.4. The van der Waals surface area contributed by atoms with Gasteiger partial charge in [0.1, 0.15) is 35.6 Å². The van der Waals surface area contributed by atoms with Crippen molar-refractivity contribution in [2.24, 2.45) is 22.7 Å². The molecule has 1 aromatic heterocycles. The number of nitriles is 2. The van der Waals surface area contributed by atoms with E-state index >= 15 is 0 Å². The lowest BCUT2D eigenvalue weighted by atomic mass is 9.49. The van der Waals surface area contributed by atoms with Gasteiger partial charge in [0.15, 0.2) is 0 Å². The van der Waals surface area contributed by atoms with Crippen LogP contribution in [0.4, 0.5) is 0 Å². The number of likely N-dealkylation sites (tertiary alicyclic amines) is 3. The van der Waals surface area contributed by atoms with Crippen LogP contribution >= 0.6 is 11.6 Å². The number of rotatable bonds is 13. The van der Waals surface area contributed by atoms with Crippen LogP contribution in [0.15, 0.2) is 77.3 Å². The monoisotopic (exact) mass is 1020 g/mol. The minimum atomic E-state index is -0.962. The largest absolute Gasteiger partial charge is 0.489 e. The number of benzene rings is 3. The number of β-amino-alcohol motifs (C(OH)–C–C–N with tert-alkyl or cyclic N) is 1. The van der Waals surface area contributed by atoms with Crippen LogP contribution in [-0.4, -0.2) is 112 Å². The van der Waals surface area contributed by atoms with E-state index in [1.54, 1.807) is 55.5 Å². The van der Waals surface area contributed by atoms with E-state index in [0.717, 1.165) is 44.3 Å². The normalized spacial score (nSPS) is 22.5. The number of nitrogens with zero attached hydrogens (tertiary/aromatic N) is 6. The van der Waals surface area contributed by atoms with Crippen LogP contribution in [0.3, 0.4) is 0 Å². The second-order valence-electron chi connectivity index (χ2n) is 22.1. The van der Waals surface area contributed by atoms with E-state index in [4.69, 9.17) is 20.9 Å². The smallest absolute Gasteiger partial charge is 0.251 e. The van der Waals surface area contributed by atoms with Gasteiger partial charge in [-0.2, -0.15) is 10.5 Å². The fraction of sp³-hybridized carbons (Fsp3) is 0.500. The van der Waals surface area contributed by atoms with Gasteiger partial charge < -0.3 is 39.7 Å². The maximum atomic E-state index is 14.2. The van der Waals surface area contributed by atoms with E-state index in [0.29, 0.717) is 63.6 Å². The van der Waals surface area contributed by atoms with E-state index in [2.05, 4.69) is 72.4 Å². The van der Waals surface area contributed by atoms with E-state index in [9.17, 15) is 34.8 Å². The van der Waals surface area contributed by atoms with Crippen molar-refractivity contribution in [2.75, 3.05) is 32.7 Å². The standard InChI is InChI=1S/C58H67ClN8O7/c1-35(2)51(49-28-36(3)64-74-49)54(72)67-34-44(68)29-48(67)53(71)62-47(40-14-12-39(32-60)13-15-40)31-50(69)66-26-22-43(23-27-66)65-24-20-38(21-25-65)9-8-37-10-16-41(17-11-37)52(70)63-55-57(4,5)56(58(55,6)7)73-45-19-18-42(33-61)46(59)30-45/h10-19,28,30,35,38,43-44,47-48,51,55-56,68H,20-27,29,31,34H2,1-7H3,(H,62,71)(H,63,70)/t44-,47+,48+,51-,55?,56?/m1/s1. The number of halogens is 1. The topological polar surface area (TPSA) is 205 Å². The molecule has 3 N–H and O–H groups in total. The molecule has 0 radical (unpaired) electrons. The van der Waals surface area contributed by atoms with Crippen LogP contribution in [0.1, 0.15) is 136 Å². The molecule has 16 heteroatoms. The molecule has 4 atom stereocenters. The Bertz CT molecular complexity index is 2840.